The summed E-state index contributed by atoms with van der Waals surface area (Å²) in [6, 6.07) is 9.81. The molecule has 1 atom stereocenters. The minimum Gasteiger partial charge on any atom is -0.378 e. The maximum absolute atomic E-state index is 13.2. The quantitative estimate of drug-likeness (QED) is 0.775. The van der Waals surface area contributed by atoms with Crippen LogP contribution in [0.1, 0.15) is 40.2 Å². The van der Waals surface area contributed by atoms with Gasteiger partial charge in [-0.15, -0.1) is 0 Å². The van der Waals surface area contributed by atoms with Gasteiger partial charge in [-0.05, 0) is 50.5 Å². The number of rotatable bonds is 4. The average Bonchev–Trinajstić information content (AvgIpc) is 3.10. The van der Waals surface area contributed by atoms with E-state index in [1.165, 1.54) is 0 Å². The van der Waals surface area contributed by atoms with Crippen LogP contribution in [-0.2, 0) is 16.1 Å². The Morgan fingerprint density at radius 3 is 2.63 bits per heavy atom. The fourth-order valence-corrected chi connectivity index (χ4v) is 4.40. The number of piperidine rings is 1. The van der Waals surface area contributed by atoms with E-state index in [1.54, 1.807) is 0 Å². The first kappa shape index (κ1) is 20.6. The minimum absolute atomic E-state index is 0.00435. The summed E-state index contributed by atoms with van der Waals surface area (Å²) in [6.45, 7) is 8.35. The number of carbonyl (C=O) groups excluding carboxylic acids is 2. The molecule has 7 heteroatoms. The third kappa shape index (κ3) is 4.56. The molecule has 160 valence electrons. The molecule has 3 heterocycles. The van der Waals surface area contributed by atoms with Crippen LogP contribution < -0.4 is 0 Å². The van der Waals surface area contributed by atoms with Gasteiger partial charge in [-0.25, -0.2) is 0 Å². The van der Waals surface area contributed by atoms with Crippen LogP contribution in [0.15, 0.2) is 30.3 Å². The molecule has 0 spiro atoms. The van der Waals surface area contributed by atoms with Gasteiger partial charge >= 0.3 is 0 Å². The van der Waals surface area contributed by atoms with E-state index in [9.17, 15) is 9.59 Å². The molecule has 2 aliphatic rings. The highest BCUT2D eigenvalue weighted by molar-refractivity contribution is 5.95. The maximum atomic E-state index is 13.2. The summed E-state index contributed by atoms with van der Waals surface area (Å²) in [5, 5.41) is 4.51. The molecule has 0 bridgehead atoms. The Morgan fingerprint density at radius 1 is 1.10 bits per heavy atom. The summed E-state index contributed by atoms with van der Waals surface area (Å²) in [4.78, 5) is 29.8. The highest BCUT2D eigenvalue weighted by atomic mass is 16.5. The van der Waals surface area contributed by atoms with E-state index in [1.807, 2.05) is 58.7 Å². The zero-order chi connectivity index (χ0) is 21.1. The number of ether oxygens (including phenoxy) is 1. The second-order valence-corrected chi connectivity index (χ2v) is 8.31. The molecule has 1 aromatic carbocycles. The summed E-state index contributed by atoms with van der Waals surface area (Å²) in [5.41, 5.74) is 3.81. The van der Waals surface area contributed by atoms with Crippen molar-refractivity contribution in [3.63, 3.8) is 0 Å². The smallest absolute Gasteiger partial charge is 0.253 e. The predicted molar refractivity (Wildman–Crippen MR) is 113 cm³/mol. The van der Waals surface area contributed by atoms with E-state index in [2.05, 4.69) is 5.10 Å². The van der Waals surface area contributed by atoms with Gasteiger partial charge in [0.25, 0.3) is 5.91 Å². The summed E-state index contributed by atoms with van der Waals surface area (Å²) < 4.78 is 7.31. The van der Waals surface area contributed by atoms with Crippen molar-refractivity contribution in [2.24, 2.45) is 5.92 Å². The zero-order valence-electron chi connectivity index (χ0n) is 17.8. The second kappa shape index (κ2) is 9.00. The van der Waals surface area contributed by atoms with Crippen molar-refractivity contribution in [1.29, 1.82) is 0 Å². The molecule has 2 saturated heterocycles. The fraction of sp³-hybridized carbons (Fsp3) is 0.522. The number of benzene rings is 1. The molecular formula is C23H30N4O3. The first-order valence-electron chi connectivity index (χ1n) is 10.8. The topological polar surface area (TPSA) is 67.7 Å². The van der Waals surface area contributed by atoms with Crippen LogP contribution in [-0.4, -0.2) is 70.8 Å². The number of nitrogens with zero attached hydrogens (tertiary/aromatic N) is 4. The highest BCUT2D eigenvalue weighted by Gasteiger charge is 2.32. The molecule has 2 fully saturated rings. The minimum atomic E-state index is -0.112. The van der Waals surface area contributed by atoms with Crippen molar-refractivity contribution in [1.82, 2.24) is 19.6 Å². The van der Waals surface area contributed by atoms with Crippen LogP contribution in [0.25, 0.3) is 0 Å². The lowest BCUT2D eigenvalue weighted by atomic mass is 9.95. The van der Waals surface area contributed by atoms with Crippen LogP contribution in [0.2, 0.25) is 0 Å². The normalized spacial score (nSPS) is 19.7. The fourth-order valence-electron chi connectivity index (χ4n) is 4.40. The molecule has 2 aliphatic heterocycles. The molecule has 0 N–H and O–H groups in total. The number of hydrogen-bond acceptors (Lipinski definition) is 4. The van der Waals surface area contributed by atoms with Gasteiger partial charge in [0.05, 0.1) is 31.4 Å². The number of amides is 2. The molecule has 1 aromatic heterocycles. The Balaban J connectivity index is 1.43. The summed E-state index contributed by atoms with van der Waals surface area (Å²) in [5.74, 6) is 0.0532. The predicted octanol–water partition coefficient (Wildman–Crippen LogP) is 2.26. The van der Waals surface area contributed by atoms with Crippen LogP contribution >= 0.6 is 0 Å². The standard InChI is InChI=1S/C23H30N4O3/c1-17-13-18(2)27(24-17)15-19-5-3-6-20(14-19)22(28)26-8-4-7-21(16-26)23(29)25-9-11-30-12-10-25/h3,5-6,13-14,21H,4,7-12,15-16H2,1-2H3. The van der Waals surface area contributed by atoms with Gasteiger partial charge in [-0.2, -0.15) is 5.10 Å². The van der Waals surface area contributed by atoms with E-state index in [4.69, 9.17) is 4.74 Å². The van der Waals surface area contributed by atoms with Gasteiger partial charge in [0, 0.05) is 37.4 Å². The maximum Gasteiger partial charge on any atom is 0.253 e. The third-order valence-corrected chi connectivity index (χ3v) is 5.99. The van der Waals surface area contributed by atoms with Crippen molar-refractivity contribution in [2.45, 2.75) is 33.2 Å². The number of likely N-dealkylation sites (tertiary alicyclic amines) is 1. The molecule has 30 heavy (non-hydrogen) atoms. The van der Waals surface area contributed by atoms with Crippen LogP contribution in [0.4, 0.5) is 0 Å². The lowest BCUT2D eigenvalue weighted by Crippen LogP contribution is -2.49. The molecular weight excluding hydrogens is 380 g/mol. The van der Waals surface area contributed by atoms with Crippen LogP contribution in [0, 0.1) is 19.8 Å². The largest absolute Gasteiger partial charge is 0.378 e. The molecule has 2 aromatic rings. The van der Waals surface area contributed by atoms with Gasteiger partial charge in [0.15, 0.2) is 0 Å². The van der Waals surface area contributed by atoms with Crippen LogP contribution in [0.3, 0.4) is 0 Å². The van der Waals surface area contributed by atoms with Gasteiger partial charge in [-0.3, -0.25) is 14.3 Å². The van der Waals surface area contributed by atoms with Crippen molar-refractivity contribution in [3.05, 3.63) is 52.8 Å². The first-order chi connectivity index (χ1) is 14.5. The first-order valence-corrected chi connectivity index (χ1v) is 10.8. The molecule has 1 unspecified atom stereocenters. The summed E-state index contributed by atoms with van der Waals surface area (Å²) >= 11 is 0. The molecule has 0 saturated carbocycles. The van der Waals surface area contributed by atoms with Crippen LogP contribution in [0.5, 0.6) is 0 Å². The third-order valence-electron chi connectivity index (χ3n) is 5.99. The van der Waals surface area contributed by atoms with E-state index >= 15 is 0 Å². The Morgan fingerprint density at radius 2 is 1.90 bits per heavy atom. The molecule has 0 aliphatic carbocycles. The number of morpholine rings is 1. The Labute approximate surface area is 177 Å². The monoisotopic (exact) mass is 410 g/mol. The second-order valence-electron chi connectivity index (χ2n) is 8.31. The molecule has 4 rings (SSSR count). The van der Waals surface area contributed by atoms with Crippen molar-refractivity contribution >= 4 is 11.8 Å². The molecule has 2 amide bonds. The highest BCUT2D eigenvalue weighted by Crippen LogP contribution is 2.22. The Kier molecular flexibility index (Phi) is 6.18. The number of carbonyl (C=O) groups is 2. The average molecular weight is 411 g/mol. The number of hydrogen-bond donors (Lipinski definition) is 0. The summed E-state index contributed by atoms with van der Waals surface area (Å²) in [6.07, 6.45) is 1.70. The summed E-state index contributed by atoms with van der Waals surface area (Å²) in [7, 11) is 0. The van der Waals surface area contributed by atoms with Gasteiger partial charge in [0.2, 0.25) is 5.91 Å². The molecule has 7 nitrogen and oxygen atoms in total. The van der Waals surface area contributed by atoms with Crippen molar-refractivity contribution < 1.29 is 14.3 Å². The van der Waals surface area contributed by atoms with Gasteiger partial charge in [0.1, 0.15) is 0 Å². The van der Waals surface area contributed by atoms with E-state index < -0.39 is 0 Å². The Hall–Kier alpha value is -2.67. The van der Waals surface area contributed by atoms with Crippen molar-refractivity contribution in [3.8, 4) is 0 Å². The zero-order valence-corrected chi connectivity index (χ0v) is 17.8. The molecule has 0 radical (unpaired) electrons. The van der Waals surface area contributed by atoms with E-state index in [-0.39, 0.29) is 17.7 Å². The van der Waals surface area contributed by atoms with Crippen molar-refractivity contribution in [2.75, 3.05) is 39.4 Å². The lowest BCUT2D eigenvalue weighted by Gasteiger charge is -2.36. The van der Waals surface area contributed by atoms with Gasteiger partial charge in [-0.1, -0.05) is 12.1 Å². The number of aromatic nitrogens is 2. The SMILES string of the molecule is Cc1cc(C)n(Cc2cccc(C(=O)N3CCCC(C(=O)N4CCOCC4)C3)c2)n1. The Bertz CT molecular complexity index is 917. The number of aryl methyl sites for hydroxylation is 2. The van der Waals surface area contributed by atoms with E-state index in [0.29, 0.717) is 51.5 Å². The lowest BCUT2D eigenvalue weighted by molar-refractivity contribution is -0.141. The van der Waals surface area contributed by atoms with E-state index in [0.717, 1.165) is 29.8 Å². The van der Waals surface area contributed by atoms with Gasteiger partial charge < -0.3 is 14.5 Å².